The Morgan fingerprint density at radius 1 is 0.963 bits per heavy atom. The van der Waals surface area contributed by atoms with E-state index in [1.54, 1.807) is 48.5 Å². The van der Waals surface area contributed by atoms with E-state index in [1.807, 2.05) is 12.1 Å². The summed E-state index contributed by atoms with van der Waals surface area (Å²) in [4.78, 5) is 24.1. The number of carbonyl (C=O) groups excluding carboxylic acids is 2. The molecule has 1 saturated heterocycles. The van der Waals surface area contributed by atoms with Crippen LogP contribution in [0, 0.1) is 0 Å². The number of esters is 2. The van der Waals surface area contributed by atoms with Crippen LogP contribution in [0.2, 0.25) is 0 Å². The van der Waals surface area contributed by atoms with Crippen LogP contribution in [-0.4, -0.2) is 44.2 Å². The quantitative estimate of drug-likeness (QED) is 0.697. The van der Waals surface area contributed by atoms with Crippen LogP contribution < -0.4 is 0 Å². The molecule has 1 aliphatic heterocycles. The zero-order valence-electron chi connectivity index (χ0n) is 15.1. The molecule has 0 N–H and O–H groups in total. The van der Waals surface area contributed by atoms with E-state index in [0.29, 0.717) is 24.0 Å². The molecule has 0 radical (unpaired) electrons. The van der Waals surface area contributed by atoms with Gasteiger partial charge in [0.05, 0.1) is 17.2 Å². The normalized spacial score (nSPS) is 21.6. The highest BCUT2D eigenvalue weighted by Gasteiger charge is 2.42. The Hall–Kier alpha value is -2.70. The third kappa shape index (κ3) is 4.93. The van der Waals surface area contributed by atoms with E-state index >= 15 is 0 Å². The minimum atomic E-state index is -1.02. The maximum Gasteiger partial charge on any atom is 0.338 e. The van der Waals surface area contributed by atoms with E-state index in [9.17, 15) is 9.59 Å². The van der Waals surface area contributed by atoms with Gasteiger partial charge in [-0.1, -0.05) is 36.4 Å². The Kier molecular flexibility index (Phi) is 6.21. The average molecular weight is 370 g/mol. The zero-order valence-corrected chi connectivity index (χ0v) is 15.1. The molecule has 0 spiro atoms. The number of hydrogen-bond donors (Lipinski definition) is 0. The van der Waals surface area contributed by atoms with E-state index in [1.165, 1.54) is 7.11 Å². The van der Waals surface area contributed by atoms with Crippen LogP contribution in [0.15, 0.2) is 60.7 Å². The molecule has 142 valence electrons. The molecule has 0 aliphatic carbocycles. The van der Waals surface area contributed by atoms with Gasteiger partial charge in [-0.2, -0.15) is 0 Å². The summed E-state index contributed by atoms with van der Waals surface area (Å²) in [7, 11) is 1.51. The van der Waals surface area contributed by atoms with E-state index in [-0.39, 0.29) is 19.3 Å². The predicted octanol–water partition coefficient (Wildman–Crippen LogP) is 3.22. The van der Waals surface area contributed by atoms with Gasteiger partial charge in [-0.05, 0) is 30.7 Å². The lowest BCUT2D eigenvalue weighted by Gasteiger charge is -2.27. The highest BCUT2D eigenvalue weighted by Crippen LogP contribution is 2.32. The van der Waals surface area contributed by atoms with Crippen molar-refractivity contribution >= 4 is 11.9 Å². The van der Waals surface area contributed by atoms with Crippen molar-refractivity contribution in [2.75, 3.05) is 20.3 Å². The highest BCUT2D eigenvalue weighted by atomic mass is 16.7. The van der Waals surface area contributed by atoms with Crippen molar-refractivity contribution in [2.45, 2.75) is 24.7 Å². The van der Waals surface area contributed by atoms with Gasteiger partial charge in [0.25, 0.3) is 0 Å². The number of rotatable bonds is 7. The molecule has 1 aliphatic rings. The van der Waals surface area contributed by atoms with Crippen LogP contribution in [0.3, 0.4) is 0 Å². The number of carbonyl (C=O) groups is 2. The summed E-state index contributed by atoms with van der Waals surface area (Å²) in [5.41, 5.74) is 0.959. The van der Waals surface area contributed by atoms with Crippen molar-refractivity contribution in [1.29, 1.82) is 0 Å². The summed E-state index contributed by atoms with van der Waals surface area (Å²) in [5, 5.41) is 0. The van der Waals surface area contributed by atoms with Crippen molar-refractivity contribution < 1.29 is 28.5 Å². The van der Waals surface area contributed by atoms with Gasteiger partial charge in [-0.25, -0.2) is 9.59 Å². The second kappa shape index (κ2) is 8.79. The number of ether oxygens (including phenoxy) is 4. The number of benzene rings is 2. The van der Waals surface area contributed by atoms with Crippen molar-refractivity contribution in [3.05, 3.63) is 71.8 Å². The first kappa shape index (κ1) is 19.1. The van der Waals surface area contributed by atoms with Gasteiger partial charge < -0.3 is 18.9 Å². The van der Waals surface area contributed by atoms with Crippen molar-refractivity contribution in [2.24, 2.45) is 0 Å². The lowest BCUT2D eigenvalue weighted by molar-refractivity contribution is -0.233. The fourth-order valence-corrected chi connectivity index (χ4v) is 2.89. The molecule has 0 amide bonds. The van der Waals surface area contributed by atoms with Gasteiger partial charge in [0.1, 0.15) is 13.2 Å². The molecule has 6 heteroatoms. The molecule has 0 aromatic heterocycles. The van der Waals surface area contributed by atoms with Crippen molar-refractivity contribution in [3.63, 3.8) is 0 Å². The highest BCUT2D eigenvalue weighted by molar-refractivity contribution is 5.89. The Balaban J connectivity index is 1.49. The van der Waals surface area contributed by atoms with E-state index in [2.05, 4.69) is 0 Å². The van der Waals surface area contributed by atoms with Crippen LogP contribution in [0.25, 0.3) is 0 Å². The molecule has 2 aromatic carbocycles. The molecule has 0 saturated carbocycles. The van der Waals surface area contributed by atoms with Gasteiger partial charge in [-0.15, -0.1) is 0 Å². The van der Waals surface area contributed by atoms with Gasteiger partial charge >= 0.3 is 11.9 Å². The summed E-state index contributed by atoms with van der Waals surface area (Å²) in [6.45, 7) is 0.0891. The summed E-state index contributed by atoms with van der Waals surface area (Å²) in [5.74, 6) is -1.85. The van der Waals surface area contributed by atoms with E-state index in [4.69, 9.17) is 18.9 Å². The Morgan fingerprint density at radius 2 is 1.52 bits per heavy atom. The predicted molar refractivity (Wildman–Crippen MR) is 97.3 cm³/mol. The second-order valence-corrected chi connectivity index (χ2v) is 6.30. The van der Waals surface area contributed by atoms with Crippen LogP contribution in [0.5, 0.6) is 0 Å². The Morgan fingerprint density at radius 3 is 2.07 bits per heavy atom. The van der Waals surface area contributed by atoms with Gasteiger partial charge in [0.15, 0.2) is 0 Å². The van der Waals surface area contributed by atoms with E-state index < -0.39 is 17.7 Å². The average Bonchev–Trinajstić information content (AvgIpc) is 3.15. The second-order valence-electron chi connectivity index (χ2n) is 6.30. The Bertz CT molecular complexity index is 761. The van der Waals surface area contributed by atoms with Crippen molar-refractivity contribution in [3.8, 4) is 0 Å². The fraction of sp³-hybridized carbons (Fsp3) is 0.333. The lowest BCUT2D eigenvalue weighted by atomic mass is 10.1. The summed E-state index contributed by atoms with van der Waals surface area (Å²) >= 11 is 0. The molecular formula is C21H22O6. The lowest BCUT2D eigenvalue weighted by Crippen LogP contribution is -2.38. The minimum absolute atomic E-state index is 0.0274. The first-order valence-corrected chi connectivity index (χ1v) is 8.79. The van der Waals surface area contributed by atoms with Crippen LogP contribution in [0.4, 0.5) is 0 Å². The molecule has 2 aromatic rings. The molecule has 27 heavy (non-hydrogen) atoms. The molecular weight excluding hydrogens is 348 g/mol. The van der Waals surface area contributed by atoms with Gasteiger partial charge in [0.2, 0.25) is 5.79 Å². The SMILES string of the molecule is CO[C@]1(COC(=O)c2ccccc2)CC[C@H](COC(=O)c2ccccc2)O1. The zero-order chi connectivity index (χ0) is 19.1. The molecule has 1 heterocycles. The third-order valence-electron chi connectivity index (χ3n) is 4.44. The summed E-state index contributed by atoms with van der Waals surface area (Å²) in [6, 6.07) is 17.5. The fourth-order valence-electron chi connectivity index (χ4n) is 2.89. The molecule has 0 unspecified atom stereocenters. The largest absolute Gasteiger partial charge is 0.459 e. The van der Waals surface area contributed by atoms with Crippen molar-refractivity contribution in [1.82, 2.24) is 0 Å². The van der Waals surface area contributed by atoms with Crippen LogP contribution in [0.1, 0.15) is 33.6 Å². The van der Waals surface area contributed by atoms with E-state index in [0.717, 1.165) is 0 Å². The monoisotopic (exact) mass is 370 g/mol. The minimum Gasteiger partial charge on any atom is -0.459 e. The number of hydrogen-bond acceptors (Lipinski definition) is 6. The Labute approximate surface area is 158 Å². The summed E-state index contributed by atoms with van der Waals surface area (Å²) in [6.07, 6.45) is 0.866. The topological polar surface area (TPSA) is 71.1 Å². The standard InChI is InChI=1S/C21H22O6/c1-24-21(15-26-20(23)17-10-6-3-7-11-17)13-12-18(27-21)14-25-19(22)16-8-4-2-5-9-16/h2-11,18H,12-15H2,1H3/t18-,21-/m1/s1. The molecule has 6 nitrogen and oxygen atoms in total. The maximum absolute atomic E-state index is 12.1. The first-order valence-electron chi connectivity index (χ1n) is 8.79. The van der Waals surface area contributed by atoms with Crippen LogP contribution >= 0.6 is 0 Å². The third-order valence-corrected chi connectivity index (χ3v) is 4.44. The smallest absolute Gasteiger partial charge is 0.338 e. The molecule has 0 bridgehead atoms. The summed E-state index contributed by atoms with van der Waals surface area (Å²) < 4.78 is 22.0. The maximum atomic E-state index is 12.1. The first-order chi connectivity index (χ1) is 13.1. The molecule has 1 fully saturated rings. The number of methoxy groups -OCH3 is 1. The van der Waals surface area contributed by atoms with Crippen LogP contribution in [-0.2, 0) is 18.9 Å². The molecule has 2 atom stereocenters. The van der Waals surface area contributed by atoms with Gasteiger partial charge in [-0.3, -0.25) is 0 Å². The van der Waals surface area contributed by atoms with Gasteiger partial charge in [0, 0.05) is 13.5 Å². The molecule has 3 rings (SSSR count).